The fourth-order valence-electron chi connectivity index (χ4n) is 2.32. The smallest absolute Gasteiger partial charge is 0.119 e. The Balaban J connectivity index is 2.09. The van der Waals surface area contributed by atoms with Gasteiger partial charge >= 0.3 is 0 Å². The second kappa shape index (κ2) is 4.92. The second-order valence-electron chi connectivity index (χ2n) is 4.36. The summed E-state index contributed by atoms with van der Waals surface area (Å²) in [6.45, 7) is 2.31. The van der Waals surface area contributed by atoms with Crippen LogP contribution in [-0.4, -0.2) is 31.9 Å². The van der Waals surface area contributed by atoms with Crippen molar-refractivity contribution in [1.82, 2.24) is 10.3 Å². The highest BCUT2D eigenvalue weighted by atomic mass is 16.5. The quantitative estimate of drug-likeness (QED) is 0.876. The topological polar surface area (TPSA) is 43.4 Å². The molecular formula is C14H16N2O2. The fraction of sp³-hybridized carbons (Fsp3) is 0.357. The molecule has 2 heterocycles. The lowest BCUT2D eigenvalue weighted by atomic mass is 10.0. The zero-order valence-corrected chi connectivity index (χ0v) is 10.3. The molecule has 0 saturated carbocycles. The van der Waals surface area contributed by atoms with Crippen molar-refractivity contribution < 1.29 is 9.47 Å². The number of nitrogens with zero attached hydrogens (tertiary/aromatic N) is 1. The third-order valence-electron chi connectivity index (χ3n) is 3.26. The Kier molecular flexibility index (Phi) is 3.13. The first kappa shape index (κ1) is 11.4. The van der Waals surface area contributed by atoms with E-state index >= 15 is 0 Å². The lowest BCUT2D eigenvalue weighted by Gasteiger charge is -2.24. The maximum absolute atomic E-state index is 5.51. The number of fused-ring (bicyclic) bond motifs is 1. The summed E-state index contributed by atoms with van der Waals surface area (Å²) in [5.74, 6) is 0.855. The van der Waals surface area contributed by atoms with Gasteiger partial charge in [-0.3, -0.25) is 4.98 Å². The number of morpholine rings is 1. The summed E-state index contributed by atoms with van der Waals surface area (Å²) in [4.78, 5) is 4.51. The average molecular weight is 244 g/mol. The monoisotopic (exact) mass is 244 g/mol. The van der Waals surface area contributed by atoms with Gasteiger partial charge < -0.3 is 14.8 Å². The van der Waals surface area contributed by atoms with Crippen LogP contribution in [0.25, 0.3) is 10.8 Å². The molecule has 0 spiro atoms. The van der Waals surface area contributed by atoms with Crippen LogP contribution in [0.2, 0.25) is 0 Å². The summed E-state index contributed by atoms with van der Waals surface area (Å²) in [6, 6.07) is 8.24. The minimum absolute atomic E-state index is 0.162. The molecule has 4 nitrogen and oxygen atoms in total. The third kappa shape index (κ3) is 2.05. The van der Waals surface area contributed by atoms with E-state index in [4.69, 9.17) is 9.47 Å². The molecule has 3 rings (SSSR count). The summed E-state index contributed by atoms with van der Waals surface area (Å²) < 4.78 is 10.8. The van der Waals surface area contributed by atoms with Crippen LogP contribution in [0.3, 0.4) is 0 Å². The van der Waals surface area contributed by atoms with Crippen LogP contribution in [0.4, 0.5) is 0 Å². The van der Waals surface area contributed by atoms with E-state index < -0.39 is 0 Å². The summed E-state index contributed by atoms with van der Waals surface area (Å²) in [7, 11) is 1.68. The van der Waals surface area contributed by atoms with E-state index in [1.165, 1.54) is 5.39 Å². The van der Waals surface area contributed by atoms with Crippen LogP contribution >= 0.6 is 0 Å². The summed E-state index contributed by atoms with van der Waals surface area (Å²) in [6.07, 6.45) is 1.85. The predicted octanol–water partition coefficient (Wildman–Crippen LogP) is 1.90. The van der Waals surface area contributed by atoms with E-state index in [2.05, 4.69) is 16.4 Å². The standard InChI is InChI=1S/C14H16N2O2/c1-17-11-3-2-10-4-5-16-14(12(10)8-11)13-9-18-7-6-15-13/h2-5,8,13,15H,6-7,9H2,1H3. The Labute approximate surface area is 106 Å². The van der Waals surface area contributed by atoms with Crippen molar-refractivity contribution in [2.24, 2.45) is 0 Å². The lowest BCUT2D eigenvalue weighted by Crippen LogP contribution is -2.35. The molecule has 0 bridgehead atoms. The Hall–Kier alpha value is -1.65. The molecule has 18 heavy (non-hydrogen) atoms. The van der Waals surface area contributed by atoms with E-state index in [1.54, 1.807) is 7.11 Å². The van der Waals surface area contributed by atoms with Crippen molar-refractivity contribution >= 4 is 10.8 Å². The first-order valence-electron chi connectivity index (χ1n) is 6.12. The molecule has 1 aliphatic rings. The fourth-order valence-corrected chi connectivity index (χ4v) is 2.32. The molecule has 1 atom stereocenters. The molecule has 1 N–H and O–H groups in total. The van der Waals surface area contributed by atoms with E-state index in [0.29, 0.717) is 6.61 Å². The molecular weight excluding hydrogens is 228 g/mol. The zero-order valence-electron chi connectivity index (χ0n) is 10.3. The van der Waals surface area contributed by atoms with Crippen molar-refractivity contribution in [2.45, 2.75) is 6.04 Å². The zero-order chi connectivity index (χ0) is 12.4. The van der Waals surface area contributed by atoms with E-state index in [1.807, 2.05) is 24.4 Å². The number of methoxy groups -OCH3 is 1. The summed E-state index contributed by atoms with van der Waals surface area (Å²) in [5, 5.41) is 5.74. The Bertz CT molecular complexity index is 550. The van der Waals surface area contributed by atoms with Crippen molar-refractivity contribution in [3.05, 3.63) is 36.2 Å². The number of nitrogens with one attached hydrogen (secondary N) is 1. The minimum atomic E-state index is 0.162. The number of benzene rings is 1. The van der Waals surface area contributed by atoms with Gasteiger partial charge in [-0.2, -0.15) is 0 Å². The van der Waals surface area contributed by atoms with Gasteiger partial charge in [-0.15, -0.1) is 0 Å². The first-order chi connectivity index (χ1) is 8.88. The van der Waals surface area contributed by atoms with Crippen molar-refractivity contribution in [2.75, 3.05) is 26.9 Å². The molecule has 0 radical (unpaired) electrons. The average Bonchev–Trinajstić information content (AvgIpc) is 2.47. The highest BCUT2D eigenvalue weighted by Crippen LogP contribution is 2.27. The van der Waals surface area contributed by atoms with Crippen molar-refractivity contribution in [3.63, 3.8) is 0 Å². The number of aromatic nitrogens is 1. The van der Waals surface area contributed by atoms with Crippen molar-refractivity contribution in [3.8, 4) is 5.75 Å². The van der Waals surface area contributed by atoms with Crippen LogP contribution in [0.15, 0.2) is 30.5 Å². The van der Waals surface area contributed by atoms with Gasteiger partial charge in [-0.05, 0) is 23.6 Å². The molecule has 0 amide bonds. The summed E-state index contributed by atoms with van der Waals surface area (Å²) in [5.41, 5.74) is 1.03. The number of ether oxygens (including phenoxy) is 2. The van der Waals surface area contributed by atoms with Crippen LogP contribution in [0, 0.1) is 0 Å². The van der Waals surface area contributed by atoms with Gasteiger partial charge in [0.05, 0.1) is 32.1 Å². The van der Waals surface area contributed by atoms with Crippen LogP contribution in [0.5, 0.6) is 5.75 Å². The summed E-state index contributed by atoms with van der Waals surface area (Å²) >= 11 is 0. The van der Waals surface area contributed by atoms with Gasteiger partial charge in [0, 0.05) is 18.1 Å². The highest BCUT2D eigenvalue weighted by Gasteiger charge is 2.18. The maximum atomic E-state index is 5.51. The Morgan fingerprint density at radius 1 is 1.39 bits per heavy atom. The van der Waals surface area contributed by atoms with Gasteiger partial charge in [0.2, 0.25) is 0 Å². The van der Waals surface area contributed by atoms with E-state index in [0.717, 1.165) is 30.0 Å². The molecule has 1 unspecified atom stereocenters. The predicted molar refractivity (Wildman–Crippen MR) is 69.9 cm³/mol. The normalized spacial score (nSPS) is 19.9. The number of hydrogen-bond acceptors (Lipinski definition) is 4. The Morgan fingerprint density at radius 3 is 3.11 bits per heavy atom. The molecule has 1 fully saturated rings. The van der Waals surface area contributed by atoms with Crippen LogP contribution < -0.4 is 10.1 Å². The third-order valence-corrected chi connectivity index (χ3v) is 3.26. The lowest BCUT2D eigenvalue weighted by molar-refractivity contribution is 0.0761. The van der Waals surface area contributed by atoms with Gasteiger partial charge in [0.1, 0.15) is 5.75 Å². The minimum Gasteiger partial charge on any atom is -0.497 e. The second-order valence-corrected chi connectivity index (χ2v) is 4.36. The first-order valence-corrected chi connectivity index (χ1v) is 6.12. The molecule has 1 aromatic heterocycles. The molecule has 4 heteroatoms. The van der Waals surface area contributed by atoms with Crippen molar-refractivity contribution in [1.29, 1.82) is 0 Å². The van der Waals surface area contributed by atoms with Gasteiger partial charge in [0.15, 0.2) is 0 Å². The van der Waals surface area contributed by atoms with Crippen LogP contribution in [-0.2, 0) is 4.74 Å². The molecule has 0 aliphatic carbocycles. The van der Waals surface area contributed by atoms with Gasteiger partial charge in [-0.25, -0.2) is 0 Å². The molecule has 1 saturated heterocycles. The maximum Gasteiger partial charge on any atom is 0.119 e. The number of pyridine rings is 1. The van der Waals surface area contributed by atoms with E-state index in [9.17, 15) is 0 Å². The van der Waals surface area contributed by atoms with E-state index in [-0.39, 0.29) is 6.04 Å². The SMILES string of the molecule is COc1ccc2ccnc(C3COCCN3)c2c1. The number of hydrogen-bond donors (Lipinski definition) is 1. The number of rotatable bonds is 2. The largest absolute Gasteiger partial charge is 0.497 e. The molecule has 1 aliphatic heterocycles. The Morgan fingerprint density at radius 2 is 2.33 bits per heavy atom. The molecule has 1 aromatic carbocycles. The molecule has 2 aromatic rings. The van der Waals surface area contributed by atoms with Gasteiger partial charge in [-0.1, -0.05) is 6.07 Å². The van der Waals surface area contributed by atoms with Crippen LogP contribution in [0.1, 0.15) is 11.7 Å². The molecule has 94 valence electrons. The van der Waals surface area contributed by atoms with Gasteiger partial charge in [0.25, 0.3) is 0 Å². The highest BCUT2D eigenvalue weighted by molar-refractivity contribution is 5.86.